The third-order valence-corrected chi connectivity index (χ3v) is 4.31. The number of carbonyl (C=O) groups excluding carboxylic acids is 3. The molecule has 128 valence electrons. The smallest absolute Gasteiger partial charge is 0.409 e. The average molecular weight is 331 g/mol. The maximum atomic E-state index is 12.1. The zero-order chi connectivity index (χ0) is 17.1. The Morgan fingerprint density at radius 2 is 2.25 bits per heavy atom. The van der Waals surface area contributed by atoms with Gasteiger partial charge in [0.1, 0.15) is 0 Å². The number of fused-ring (bicyclic) bond motifs is 1. The van der Waals surface area contributed by atoms with Crippen LogP contribution in [0.4, 0.5) is 10.5 Å². The molecule has 1 aromatic carbocycles. The fraction of sp³-hybridized carbons (Fsp3) is 0.471. The lowest BCUT2D eigenvalue weighted by molar-refractivity contribution is -0.125. The van der Waals surface area contributed by atoms with E-state index in [2.05, 4.69) is 10.6 Å². The number of cyclic esters (lactones) is 1. The van der Waals surface area contributed by atoms with E-state index in [1.54, 1.807) is 4.90 Å². The Morgan fingerprint density at radius 1 is 1.42 bits per heavy atom. The number of ether oxygens (including phenoxy) is 1. The van der Waals surface area contributed by atoms with Crippen molar-refractivity contribution in [3.05, 3.63) is 29.3 Å². The van der Waals surface area contributed by atoms with Crippen molar-refractivity contribution in [2.45, 2.75) is 25.7 Å². The molecule has 3 rings (SSSR count). The molecule has 1 saturated heterocycles. The second-order valence-electron chi connectivity index (χ2n) is 6.14. The summed E-state index contributed by atoms with van der Waals surface area (Å²) in [7, 11) is 0. The summed E-state index contributed by atoms with van der Waals surface area (Å²) in [5, 5.41) is 5.59. The van der Waals surface area contributed by atoms with Crippen molar-refractivity contribution in [1.29, 1.82) is 0 Å². The standard InChI is InChI=1S/C17H21N3O4/c1-11-3-4-12-13(16(22)19-14(12)9-11)10-15(21)18-5-7-20-6-2-8-24-17(20)23/h3-4,9,13H,2,5-8,10H2,1H3,(H,18,21)(H,19,22)/t13-/m0/s1. The van der Waals surface area contributed by atoms with Crippen molar-refractivity contribution >= 4 is 23.6 Å². The highest BCUT2D eigenvalue weighted by Crippen LogP contribution is 2.35. The first-order valence-electron chi connectivity index (χ1n) is 8.14. The Balaban J connectivity index is 1.50. The van der Waals surface area contributed by atoms with Crippen LogP contribution < -0.4 is 10.6 Å². The maximum absolute atomic E-state index is 12.1. The molecular weight excluding hydrogens is 310 g/mol. The Morgan fingerprint density at radius 3 is 3.04 bits per heavy atom. The Hall–Kier alpha value is -2.57. The van der Waals surface area contributed by atoms with Gasteiger partial charge in [-0.25, -0.2) is 4.79 Å². The summed E-state index contributed by atoms with van der Waals surface area (Å²) >= 11 is 0. The van der Waals surface area contributed by atoms with Gasteiger partial charge < -0.3 is 20.3 Å². The molecule has 1 fully saturated rings. The first-order valence-corrected chi connectivity index (χ1v) is 8.14. The molecule has 0 bridgehead atoms. The average Bonchev–Trinajstić information content (AvgIpc) is 2.84. The summed E-state index contributed by atoms with van der Waals surface area (Å²) in [6, 6.07) is 5.74. The van der Waals surface area contributed by atoms with Crippen LogP contribution in [0.3, 0.4) is 0 Å². The van der Waals surface area contributed by atoms with Gasteiger partial charge in [0.05, 0.1) is 12.5 Å². The van der Waals surface area contributed by atoms with Gasteiger partial charge in [-0.1, -0.05) is 12.1 Å². The summed E-state index contributed by atoms with van der Waals surface area (Å²) in [6.45, 7) is 3.82. The molecule has 2 heterocycles. The van der Waals surface area contributed by atoms with Gasteiger partial charge in [-0.05, 0) is 30.5 Å². The molecule has 0 unspecified atom stereocenters. The third-order valence-electron chi connectivity index (χ3n) is 4.31. The van der Waals surface area contributed by atoms with Crippen LogP contribution in [0.2, 0.25) is 0 Å². The van der Waals surface area contributed by atoms with Crippen molar-refractivity contribution in [2.75, 3.05) is 31.6 Å². The minimum Gasteiger partial charge on any atom is -0.449 e. The lowest BCUT2D eigenvalue weighted by Gasteiger charge is -2.26. The van der Waals surface area contributed by atoms with Crippen LogP contribution in [0.5, 0.6) is 0 Å². The zero-order valence-corrected chi connectivity index (χ0v) is 13.6. The quantitative estimate of drug-likeness (QED) is 0.853. The molecule has 2 N–H and O–H groups in total. The van der Waals surface area contributed by atoms with Crippen molar-refractivity contribution in [2.24, 2.45) is 0 Å². The number of amides is 3. The van der Waals surface area contributed by atoms with E-state index in [4.69, 9.17) is 4.74 Å². The summed E-state index contributed by atoms with van der Waals surface area (Å²) < 4.78 is 4.94. The summed E-state index contributed by atoms with van der Waals surface area (Å²) in [6.07, 6.45) is 0.569. The van der Waals surface area contributed by atoms with Gasteiger partial charge in [0.15, 0.2) is 0 Å². The molecule has 0 aromatic heterocycles. The Bertz CT molecular complexity index is 674. The molecular formula is C17H21N3O4. The van der Waals surface area contributed by atoms with Gasteiger partial charge in [0, 0.05) is 31.7 Å². The Kier molecular flexibility index (Phi) is 4.69. The van der Waals surface area contributed by atoms with E-state index in [9.17, 15) is 14.4 Å². The lowest BCUT2D eigenvalue weighted by atomic mass is 9.96. The van der Waals surface area contributed by atoms with E-state index >= 15 is 0 Å². The first kappa shape index (κ1) is 16.3. The summed E-state index contributed by atoms with van der Waals surface area (Å²) in [5.74, 6) is -0.806. The molecule has 7 heteroatoms. The van der Waals surface area contributed by atoms with Crippen molar-refractivity contribution in [3.63, 3.8) is 0 Å². The van der Waals surface area contributed by atoms with E-state index < -0.39 is 5.92 Å². The minimum absolute atomic E-state index is 0.104. The number of hydrogen-bond acceptors (Lipinski definition) is 4. The molecule has 7 nitrogen and oxygen atoms in total. The number of carbonyl (C=O) groups is 3. The van der Waals surface area contributed by atoms with Crippen LogP contribution in [-0.4, -0.2) is 49.0 Å². The van der Waals surface area contributed by atoms with E-state index in [0.29, 0.717) is 26.2 Å². The number of nitrogens with one attached hydrogen (secondary N) is 2. The largest absolute Gasteiger partial charge is 0.449 e. The second-order valence-corrected chi connectivity index (χ2v) is 6.14. The fourth-order valence-corrected chi connectivity index (χ4v) is 3.03. The van der Waals surface area contributed by atoms with E-state index in [1.165, 1.54) is 0 Å². The number of aryl methyl sites for hydroxylation is 1. The molecule has 24 heavy (non-hydrogen) atoms. The topological polar surface area (TPSA) is 87.7 Å². The SMILES string of the molecule is Cc1ccc2c(c1)NC(=O)[C@H]2CC(=O)NCCN1CCCOC1=O. The first-order chi connectivity index (χ1) is 11.5. The maximum Gasteiger partial charge on any atom is 0.409 e. The van der Waals surface area contributed by atoms with Gasteiger partial charge in [0.25, 0.3) is 0 Å². The second kappa shape index (κ2) is 6.90. The number of hydrogen-bond donors (Lipinski definition) is 2. The summed E-state index contributed by atoms with van der Waals surface area (Å²) in [4.78, 5) is 37.3. The fourth-order valence-electron chi connectivity index (χ4n) is 3.03. The minimum atomic E-state index is -0.458. The number of rotatable bonds is 5. The van der Waals surface area contributed by atoms with Crippen molar-refractivity contribution < 1.29 is 19.1 Å². The van der Waals surface area contributed by atoms with Crippen LogP contribution in [0.1, 0.15) is 29.9 Å². The number of nitrogens with zero attached hydrogens (tertiary/aromatic N) is 1. The Labute approximate surface area is 140 Å². The van der Waals surface area contributed by atoms with Gasteiger partial charge in [-0.3, -0.25) is 9.59 Å². The van der Waals surface area contributed by atoms with E-state index in [-0.39, 0.29) is 24.3 Å². The molecule has 0 radical (unpaired) electrons. The van der Waals surface area contributed by atoms with E-state index in [0.717, 1.165) is 23.2 Å². The van der Waals surface area contributed by atoms with Crippen LogP contribution in [-0.2, 0) is 14.3 Å². The number of anilines is 1. The molecule has 0 saturated carbocycles. The van der Waals surface area contributed by atoms with Crippen LogP contribution in [0.15, 0.2) is 18.2 Å². The van der Waals surface area contributed by atoms with Gasteiger partial charge in [0.2, 0.25) is 11.8 Å². The molecule has 1 aromatic rings. The highest BCUT2D eigenvalue weighted by Gasteiger charge is 2.32. The monoisotopic (exact) mass is 331 g/mol. The highest BCUT2D eigenvalue weighted by atomic mass is 16.6. The van der Waals surface area contributed by atoms with Crippen molar-refractivity contribution in [3.8, 4) is 0 Å². The van der Waals surface area contributed by atoms with E-state index in [1.807, 2.05) is 25.1 Å². The van der Waals surface area contributed by atoms with Gasteiger partial charge in [-0.2, -0.15) is 0 Å². The molecule has 2 aliphatic heterocycles. The predicted octanol–water partition coefficient (Wildman–Crippen LogP) is 1.38. The predicted molar refractivity (Wildman–Crippen MR) is 87.7 cm³/mol. The zero-order valence-electron chi connectivity index (χ0n) is 13.6. The van der Waals surface area contributed by atoms with Gasteiger partial charge in [-0.15, -0.1) is 0 Å². The van der Waals surface area contributed by atoms with Crippen LogP contribution >= 0.6 is 0 Å². The van der Waals surface area contributed by atoms with Gasteiger partial charge >= 0.3 is 6.09 Å². The summed E-state index contributed by atoms with van der Waals surface area (Å²) in [5.41, 5.74) is 2.71. The van der Waals surface area contributed by atoms with Crippen LogP contribution in [0.25, 0.3) is 0 Å². The normalized spacial score (nSPS) is 19.5. The highest BCUT2D eigenvalue weighted by molar-refractivity contribution is 6.05. The molecule has 3 amide bonds. The number of benzene rings is 1. The van der Waals surface area contributed by atoms with Crippen LogP contribution in [0, 0.1) is 6.92 Å². The molecule has 1 atom stereocenters. The van der Waals surface area contributed by atoms with Crippen molar-refractivity contribution in [1.82, 2.24) is 10.2 Å². The molecule has 0 spiro atoms. The molecule has 2 aliphatic rings. The molecule has 0 aliphatic carbocycles. The lowest BCUT2D eigenvalue weighted by Crippen LogP contribution is -2.42. The third kappa shape index (κ3) is 3.50.